The number of nitrogens with two attached hydrogens (primary N) is 1. The van der Waals surface area contributed by atoms with Crippen LogP contribution in [-0.2, 0) is 4.79 Å². The summed E-state index contributed by atoms with van der Waals surface area (Å²) in [6, 6.07) is 6.91. The Morgan fingerprint density at radius 2 is 1.92 bits per heavy atom. The average Bonchev–Trinajstić information content (AvgIpc) is 2.54. The van der Waals surface area contributed by atoms with Crippen molar-refractivity contribution in [3.05, 3.63) is 24.3 Å². The molecule has 0 spiro atoms. The molecule has 1 aliphatic rings. The fourth-order valence-electron chi connectivity index (χ4n) is 3.36. The molecule has 1 heterocycles. The van der Waals surface area contributed by atoms with Crippen molar-refractivity contribution < 1.29 is 19.4 Å². The number of primary amides is 1. The summed E-state index contributed by atoms with van der Waals surface area (Å²) >= 11 is 0. The molecule has 7 heteroatoms. The Morgan fingerprint density at radius 1 is 1.32 bits per heavy atom. The second kappa shape index (κ2) is 6.82. The highest BCUT2D eigenvalue weighted by Crippen LogP contribution is 2.38. The molecule has 2 atom stereocenters. The third kappa shape index (κ3) is 3.97. The number of hydrogen-bond acceptors (Lipinski definition) is 4. The molecule has 0 saturated carbocycles. The molecule has 4 N–H and O–H groups in total. The van der Waals surface area contributed by atoms with Crippen molar-refractivity contribution in [2.24, 2.45) is 11.1 Å². The van der Waals surface area contributed by atoms with E-state index in [4.69, 9.17) is 10.5 Å². The molecular weight excluding hydrogens is 322 g/mol. The molecule has 0 bridgehead atoms. The fraction of sp³-hybridized carbons (Fsp3) is 0.556. The number of amides is 2. The predicted molar refractivity (Wildman–Crippen MR) is 95.7 cm³/mol. The van der Waals surface area contributed by atoms with E-state index in [9.17, 15) is 14.7 Å². The Labute approximate surface area is 148 Å². The number of carbonyl (C=O) groups is 2. The van der Waals surface area contributed by atoms with Gasteiger partial charge in [0.2, 0.25) is 5.91 Å². The number of hydrogen-bond donors (Lipinski definition) is 3. The van der Waals surface area contributed by atoms with Crippen LogP contribution >= 0.6 is 0 Å². The minimum atomic E-state index is -0.988. The van der Waals surface area contributed by atoms with Gasteiger partial charge in [0.25, 0.3) is 0 Å². The number of anilines is 1. The number of nitrogens with zero attached hydrogens (tertiary/aromatic N) is 1. The molecule has 1 saturated heterocycles. The zero-order valence-corrected chi connectivity index (χ0v) is 15.2. The monoisotopic (exact) mass is 349 g/mol. The molecule has 1 fully saturated rings. The zero-order valence-electron chi connectivity index (χ0n) is 15.2. The first-order chi connectivity index (χ1) is 11.6. The summed E-state index contributed by atoms with van der Waals surface area (Å²) in [6.45, 7) is 6.16. The van der Waals surface area contributed by atoms with Crippen LogP contribution in [0, 0.1) is 5.41 Å². The van der Waals surface area contributed by atoms with Gasteiger partial charge in [0.05, 0.1) is 7.11 Å². The molecule has 0 aromatic heterocycles. The largest absolute Gasteiger partial charge is 0.497 e. The summed E-state index contributed by atoms with van der Waals surface area (Å²) in [6.07, 6.45) is -0.320. The predicted octanol–water partition coefficient (Wildman–Crippen LogP) is 2.52. The zero-order chi connectivity index (χ0) is 18.8. The van der Waals surface area contributed by atoms with Crippen LogP contribution in [0.4, 0.5) is 10.5 Å². The standard InChI is InChI=1S/C18H27N3O4/c1-17(2,3)14-11-18(15(19)22,9-10-21(14)16(23)24)20-12-5-7-13(25-4)8-6-12/h5-8,14,20H,9-11H2,1-4H3,(H2,19,22)(H,23,24). The summed E-state index contributed by atoms with van der Waals surface area (Å²) in [5, 5.41) is 12.8. The number of piperidine rings is 1. The Balaban J connectivity index is 2.32. The van der Waals surface area contributed by atoms with Crippen molar-refractivity contribution in [3.8, 4) is 5.75 Å². The van der Waals surface area contributed by atoms with Gasteiger partial charge in [0.1, 0.15) is 11.3 Å². The van der Waals surface area contributed by atoms with Crippen LogP contribution in [0.2, 0.25) is 0 Å². The van der Waals surface area contributed by atoms with Crippen molar-refractivity contribution in [2.75, 3.05) is 19.0 Å². The van der Waals surface area contributed by atoms with Gasteiger partial charge in [-0.05, 0) is 36.1 Å². The first-order valence-corrected chi connectivity index (χ1v) is 8.31. The van der Waals surface area contributed by atoms with Gasteiger partial charge in [-0.3, -0.25) is 4.79 Å². The van der Waals surface area contributed by atoms with Gasteiger partial charge in [-0.1, -0.05) is 20.8 Å². The molecule has 2 unspecified atom stereocenters. The van der Waals surface area contributed by atoms with E-state index >= 15 is 0 Å². The normalized spacial score (nSPS) is 23.8. The van der Waals surface area contributed by atoms with E-state index in [2.05, 4.69) is 5.32 Å². The number of rotatable bonds is 4. The highest BCUT2D eigenvalue weighted by Gasteiger charge is 2.49. The quantitative estimate of drug-likeness (QED) is 0.775. The Kier molecular flexibility index (Phi) is 5.15. The molecule has 1 aromatic carbocycles. The molecule has 0 radical (unpaired) electrons. The maximum Gasteiger partial charge on any atom is 0.407 e. The number of methoxy groups -OCH3 is 1. The molecule has 2 rings (SSSR count). The van der Waals surface area contributed by atoms with E-state index in [1.807, 2.05) is 32.9 Å². The van der Waals surface area contributed by atoms with Crippen molar-refractivity contribution in [3.63, 3.8) is 0 Å². The van der Waals surface area contributed by atoms with Gasteiger partial charge < -0.3 is 25.8 Å². The lowest BCUT2D eigenvalue weighted by molar-refractivity contribution is -0.125. The topological polar surface area (TPSA) is 105 Å². The first-order valence-electron chi connectivity index (χ1n) is 8.31. The second-order valence-corrected chi connectivity index (χ2v) is 7.61. The summed E-state index contributed by atoms with van der Waals surface area (Å²) < 4.78 is 5.14. The molecule has 1 aromatic rings. The summed E-state index contributed by atoms with van der Waals surface area (Å²) in [5.41, 5.74) is 5.18. The van der Waals surface area contributed by atoms with Crippen molar-refractivity contribution in [2.45, 2.75) is 45.2 Å². The van der Waals surface area contributed by atoms with Crippen LogP contribution < -0.4 is 15.8 Å². The summed E-state index contributed by atoms with van der Waals surface area (Å²) in [7, 11) is 1.59. The van der Waals surface area contributed by atoms with Crippen LogP contribution in [0.3, 0.4) is 0 Å². The van der Waals surface area contributed by atoms with E-state index in [1.165, 1.54) is 4.90 Å². The minimum Gasteiger partial charge on any atom is -0.497 e. The third-order valence-corrected chi connectivity index (χ3v) is 4.89. The number of ether oxygens (including phenoxy) is 1. The van der Waals surface area contributed by atoms with Crippen LogP contribution in [0.5, 0.6) is 5.75 Å². The molecule has 138 valence electrons. The van der Waals surface area contributed by atoms with Gasteiger partial charge in [0.15, 0.2) is 0 Å². The molecule has 0 aliphatic carbocycles. The van der Waals surface area contributed by atoms with Gasteiger partial charge in [-0.25, -0.2) is 4.79 Å². The Hall–Kier alpha value is -2.44. The first kappa shape index (κ1) is 18.9. The SMILES string of the molecule is COc1ccc(NC2(C(N)=O)CCN(C(=O)O)C(C(C)(C)C)C2)cc1. The van der Waals surface area contributed by atoms with E-state index in [-0.39, 0.29) is 18.0 Å². The lowest BCUT2D eigenvalue weighted by atomic mass is 9.73. The van der Waals surface area contributed by atoms with Crippen LogP contribution in [0.1, 0.15) is 33.6 Å². The third-order valence-electron chi connectivity index (χ3n) is 4.89. The lowest BCUT2D eigenvalue weighted by Crippen LogP contribution is -2.63. The van der Waals surface area contributed by atoms with E-state index in [0.717, 1.165) is 5.69 Å². The van der Waals surface area contributed by atoms with Crippen molar-refractivity contribution in [1.29, 1.82) is 0 Å². The fourth-order valence-corrected chi connectivity index (χ4v) is 3.36. The lowest BCUT2D eigenvalue weighted by Gasteiger charge is -2.49. The van der Waals surface area contributed by atoms with Crippen molar-refractivity contribution in [1.82, 2.24) is 4.90 Å². The highest BCUT2D eigenvalue weighted by atomic mass is 16.5. The molecule has 1 aliphatic heterocycles. The van der Waals surface area contributed by atoms with Crippen molar-refractivity contribution >= 4 is 17.7 Å². The maximum atomic E-state index is 12.3. The van der Waals surface area contributed by atoms with Gasteiger partial charge >= 0.3 is 6.09 Å². The van der Waals surface area contributed by atoms with E-state index in [0.29, 0.717) is 18.6 Å². The Bertz CT molecular complexity index is 639. The minimum absolute atomic E-state index is 0.253. The van der Waals surface area contributed by atoms with Crippen LogP contribution in [-0.4, -0.2) is 47.2 Å². The number of benzene rings is 1. The maximum absolute atomic E-state index is 12.3. The summed E-state index contributed by atoms with van der Waals surface area (Å²) in [4.78, 5) is 25.3. The number of nitrogens with one attached hydrogen (secondary N) is 1. The second-order valence-electron chi connectivity index (χ2n) is 7.61. The van der Waals surface area contributed by atoms with E-state index < -0.39 is 17.5 Å². The van der Waals surface area contributed by atoms with Crippen LogP contribution in [0.15, 0.2) is 24.3 Å². The smallest absolute Gasteiger partial charge is 0.407 e. The molecule has 7 nitrogen and oxygen atoms in total. The van der Waals surface area contributed by atoms with Gasteiger partial charge in [0, 0.05) is 24.7 Å². The average molecular weight is 349 g/mol. The molecule has 25 heavy (non-hydrogen) atoms. The Morgan fingerprint density at radius 3 is 2.36 bits per heavy atom. The van der Waals surface area contributed by atoms with Crippen LogP contribution in [0.25, 0.3) is 0 Å². The highest BCUT2D eigenvalue weighted by molar-refractivity contribution is 5.88. The molecular formula is C18H27N3O4. The van der Waals surface area contributed by atoms with Gasteiger partial charge in [-0.15, -0.1) is 0 Å². The summed E-state index contributed by atoms with van der Waals surface area (Å²) in [5.74, 6) is 0.245. The molecule has 2 amide bonds. The van der Waals surface area contributed by atoms with Gasteiger partial charge in [-0.2, -0.15) is 0 Å². The number of carboxylic acid groups (broad SMARTS) is 1. The number of likely N-dealkylation sites (tertiary alicyclic amines) is 1. The number of carbonyl (C=O) groups excluding carboxylic acids is 1. The van der Waals surface area contributed by atoms with E-state index in [1.54, 1.807) is 19.2 Å².